The van der Waals surface area contributed by atoms with Crippen LogP contribution < -0.4 is 0 Å². The maximum Gasteiger partial charge on any atom is 0.255 e. The molecule has 3 fully saturated rings. The molecule has 0 aromatic carbocycles. The van der Waals surface area contributed by atoms with E-state index in [1.165, 1.54) is 25.7 Å². The van der Waals surface area contributed by atoms with Gasteiger partial charge in [-0.05, 0) is 51.0 Å². The van der Waals surface area contributed by atoms with Gasteiger partial charge in [0.1, 0.15) is 5.52 Å². The second-order valence-electron chi connectivity index (χ2n) is 9.08. The third-order valence-corrected chi connectivity index (χ3v) is 7.17. The van der Waals surface area contributed by atoms with E-state index in [0.29, 0.717) is 18.0 Å². The first-order valence-electron chi connectivity index (χ1n) is 11.6. The molecule has 2 amide bonds. The van der Waals surface area contributed by atoms with Crippen molar-refractivity contribution in [2.75, 3.05) is 19.6 Å². The molecule has 30 heavy (non-hydrogen) atoms. The Bertz CT molecular complexity index is 933. The van der Waals surface area contributed by atoms with Crippen molar-refractivity contribution in [2.45, 2.75) is 76.3 Å². The lowest BCUT2D eigenvalue weighted by Crippen LogP contribution is -2.45. The normalized spacial score (nSPS) is 23.1. The minimum atomic E-state index is 0.0530. The van der Waals surface area contributed by atoms with Gasteiger partial charge in [0.25, 0.3) is 5.91 Å². The summed E-state index contributed by atoms with van der Waals surface area (Å²) in [5.41, 5.74) is 2.33. The van der Waals surface area contributed by atoms with E-state index in [1.54, 1.807) is 6.20 Å². The van der Waals surface area contributed by atoms with Crippen molar-refractivity contribution in [1.82, 2.24) is 24.3 Å². The number of carbonyl (C=O) groups excluding carboxylic acids is 2. The van der Waals surface area contributed by atoms with Gasteiger partial charge in [0, 0.05) is 44.3 Å². The minimum Gasteiger partial charge on any atom is -0.343 e. The van der Waals surface area contributed by atoms with Crippen LogP contribution in [-0.2, 0) is 4.79 Å². The quantitative estimate of drug-likeness (QED) is 0.757. The van der Waals surface area contributed by atoms with Gasteiger partial charge in [0.05, 0.1) is 11.9 Å². The van der Waals surface area contributed by atoms with Gasteiger partial charge in [-0.3, -0.25) is 9.59 Å². The van der Waals surface area contributed by atoms with E-state index in [4.69, 9.17) is 0 Å². The highest BCUT2D eigenvalue weighted by atomic mass is 16.2. The summed E-state index contributed by atoms with van der Waals surface area (Å²) >= 11 is 0. The summed E-state index contributed by atoms with van der Waals surface area (Å²) in [5, 5.41) is 0. The summed E-state index contributed by atoms with van der Waals surface area (Å²) in [4.78, 5) is 38.5. The van der Waals surface area contributed by atoms with Gasteiger partial charge < -0.3 is 14.4 Å². The lowest BCUT2D eigenvalue weighted by atomic mass is 9.98. The summed E-state index contributed by atoms with van der Waals surface area (Å²) in [7, 11) is 0. The summed E-state index contributed by atoms with van der Waals surface area (Å²) < 4.78 is 2.19. The number of hydrogen-bond acceptors (Lipinski definition) is 4. The fourth-order valence-corrected chi connectivity index (χ4v) is 5.46. The zero-order valence-corrected chi connectivity index (χ0v) is 17.6. The number of hydrogen-bond donors (Lipinski definition) is 0. The number of carbonyl (C=O) groups is 2. The molecule has 160 valence electrons. The van der Waals surface area contributed by atoms with Crippen LogP contribution in [0, 0.1) is 0 Å². The number of likely N-dealkylation sites (tertiary alicyclic amines) is 2. The van der Waals surface area contributed by atoms with Gasteiger partial charge in [-0.25, -0.2) is 9.97 Å². The fourth-order valence-electron chi connectivity index (χ4n) is 5.46. The molecule has 1 atom stereocenters. The predicted molar refractivity (Wildman–Crippen MR) is 114 cm³/mol. The van der Waals surface area contributed by atoms with Crippen molar-refractivity contribution >= 4 is 23.0 Å². The van der Waals surface area contributed by atoms with Crippen molar-refractivity contribution in [2.24, 2.45) is 0 Å². The minimum absolute atomic E-state index is 0.0530. The zero-order chi connectivity index (χ0) is 20.5. The Kier molecular flexibility index (Phi) is 5.44. The van der Waals surface area contributed by atoms with Crippen LogP contribution in [0.15, 0.2) is 18.6 Å². The topological polar surface area (TPSA) is 71.3 Å². The van der Waals surface area contributed by atoms with E-state index < -0.39 is 0 Å². The van der Waals surface area contributed by atoms with Crippen LogP contribution in [0.5, 0.6) is 0 Å². The van der Waals surface area contributed by atoms with Crippen LogP contribution in [0.25, 0.3) is 11.2 Å². The van der Waals surface area contributed by atoms with Crippen LogP contribution in [0.1, 0.15) is 80.6 Å². The molecule has 1 saturated carbocycles. The predicted octanol–water partition coefficient (Wildman–Crippen LogP) is 3.55. The number of rotatable bonds is 5. The summed E-state index contributed by atoms with van der Waals surface area (Å²) in [6, 6.07) is 2.60. The largest absolute Gasteiger partial charge is 0.343 e. The van der Waals surface area contributed by atoms with E-state index in [9.17, 15) is 9.59 Å². The van der Waals surface area contributed by atoms with Crippen molar-refractivity contribution in [3.8, 4) is 0 Å². The zero-order valence-electron chi connectivity index (χ0n) is 17.6. The molecule has 0 N–H and O–H groups in total. The standard InChI is InChI=1S/C23H31N5O2/c29-21-9-5-11-26(21)13-10-19-8-3-4-12-27(19)23(30)17-14-20-22(24-15-17)28(16-25-20)18-6-1-2-7-18/h14-16,18-19H,1-13H2. The molecular formula is C23H31N5O2. The van der Waals surface area contributed by atoms with Crippen molar-refractivity contribution in [3.05, 3.63) is 24.2 Å². The van der Waals surface area contributed by atoms with Crippen molar-refractivity contribution in [1.29, 1.82) is 0 Å². The number of pyridine rings is 1. The first-order valence-corrected chi connectivity index (χ1v) is 11.6. The highest BCUT2D eigenvalue weighted by molar-refractivity contribution is 5.96. The molecule has 2 aliphatic heterocycles. The van der Waals surface area contributed by atoms with Gasteiger partial charge in [0.15, 0.2) is 5.65 Å². The highest BCUT2D eigenvalue weighted by Crippen LogP contribution is 2.31. The van der Waals surface area contributed by atoms with Crippen LogP contribution in [0.4, 0.5) is 0 Å². The summed E-state index contributed by atoms with van der Waals surface area (Å²) in [6.07, 6.45) is 14.2. The molecule has 7 nitrogen and oxygen atoms in total. The Hall–Kier alpha value is -2.44. The lowest BCUT2D eigenvalue weighted by molar-refractivity contribution is -0.127. The van der Waals surface area contributed by atoms with E-state index >= 15 is 0 Å². The van der Waals surface area contributed by atoms with Crippen molar-refractivity contribution in [3.63, 3.8) is 0 Å². The number of amides is 2. The number of piperidine rings is 1. The van der Waals surface area contributed by atoms with Gasteiger partial charge in [-0.2, -0.15) is 0 Å². The molecule has 0 radical (unpaired) electrons. The van der Waals surface area contributed by atoms with E-state index in [-0.39, 0.29) is 17.9 Å². The Morgan fingerprint density at radius 3 is 2.67 bits per heavy atom. The van der Waals surface area contributed by atoms with Crippen LogP contribution in [0.3, 0.4) is 0 Å². The van der Waals surface area contributed by atoms with Gasteiger partial charge in [0.2, 0.25) is 5.91 Å². The Labute approximate surface area is 177 Å². The molecule has 0 bridgehead atoms. The molecule has 2 saturated heterocycles. The molecule has 2 aromatic rings. The first-order chi connectivity index (χ1) is 14.7. The molecule has 1 unspecified atom stereocenters. The maximum atomic E-state index is 13.3. The molecule has 7 heteroatoms. The van der Waals surface area contributed by atoms with E-state index in [1.807, 2.05) is 22.2 Å². The van der Waals surface area contributed by atoms with Crippen LogP contribution in [0.2, 0.25) is 0 Å². The molecule has 4 heterocycles. The number of nitrogens with zero attached hydrogens (tertiary/aromatic N) is 5. The van der Waals surface area contributed by atoms with Crippen LogP contribution >= 0.6 is 0 Å². The average molecular weight is 410 g/mol. The first kappa shape index (κ1) is 19.5. The van der Waals surface area contributed by atoms with Gasteiger partial charge in [-0.1, -0.05) is 12.8 Å². The molecule has 0 spiro atoms. The average Bonchev–Trinajstić information content (AvgIpc) is 3.52. The Morgan fingerprint density at radius 1 is 1.03 bits per heavy atom. The highest BCUT2D eigenvalue weighted by Gasteiger charge is 2.30. The van der Waals surface area contributed by atoms with Crippen molar-refractivity contribution < 1.29 is 9.59 Å². The molecule has 2 aromatic heterocycles. The van der Waals surface area contributed by atoms with Gasteiger partial charge >= 0.3 is 0 Å². The third kappa shape index (κ3) is 3.70. The lowest BCUT2D eigenvalue weighted by Gasteiger charge is -2.36. The molecule has 1 aliphatic carbocycles. The van der Waals surface area contributed by atoms with E-state index in [2.05, 4.69) is 14.5 Å². The second kappa shape index (κ2) is 8.36. The van der Waals surface area contributed by atoms with Gasteiger partial charge in [-0.15, -0.1) is 0 Å². The number of imidazole rings is 1. The SMILES string of the molecule is O=C1CCCN1CCC1CCCCN1C(=O)c1cnc2c(c1)ncn2C1CCCC1. The summed E-state index contributed by atoms with van der Waals surface area (Å²) in [5.74, 6) is 0.313. The second-order valence-corrected chi connectivity index (χ2v) is 9.08. The summed E-state index contributed by atoms with van der Waals surface area (Å²) in [6.45, 7) is 2.41. The Morgan fingerprint density at radius 2 is 1.87 bits per heavy atom. The molecular weight excluding hydrogens is 378 g/mol. The van der Waals surface area contributed by atoms with E-state index in [0.717, 1.165) is 62.9 Å². The monoisotopic (exact) mass is 409 g/mol. The number of aromatic nitrogens is 3. The maximum absolute atomic E-state index is 13.3. The molecule has 5 rings (SSSR count). The fraction of sp³-hybridized carbons (Fsp3) is 0.652. The smallest absolute Gasteiger partial charge is 0.255 e. The van der Waals surface area contributed by atoms with Crippen LogP contribution in [-0.4, -0.2) is 61.8 Å². The third-order valence-electron chi connectivity index (χ3n) is 7.17. The number of fused-ring (bicyclic) bond motifs is 1. The molecule has 3 aliphatic rings. The Balaban J connectivity index is 1.31.